The lowest BCUT2D eigenvalue weighted by atomic mass is 10.1. The lowest BCUT2D eigenvalue weighted by molar-refractivity contribution is 0.0343. The number of hydrogen-bond acceptors (Lipinski definition) is 3. The zero-order chi connectivity index (χ0) is 12.4. The van der Waals surface area contributed by atoms with Crippen molar-refractivity contribution in [2.45, 2.75) is 26.0 Å². The molecule has 1 fully saturated rings. The second-order valence-corrected chi connectivity index (χ2v) is 4.86. The summed E-state index contributed by atoms with van der Waals surface area (Å²) in [5.41, 5.74) is 1.57. The van der Waals surface area contributed by atoms with Crippen molar-refractivity contribution in [2.75, 3.05) is 18.1 Å². The van der Waals surface area contributed by atoms with Gasteiger partial charge in [-0.25, -0.2) is 0 Å². The molecule has 0 N–H and O–H groups in total. The number of nitrogens with zero attached hydrogens (tertiary/aromatic N) is 2. The second kappa shape index (κ2) is 4.95. The Morgan fingerprint density at radius 3 is 2.94 bits per heavy atom. The van der Waals surface area contributed by atoms with Gasteiger partial charge in [-0.1, -0.05) is 11.6 Å². The highest BCUT2D eigenvalue weighted by Crippen LogP contribution is 2.27. The van der Waals surface area contributed by atoms with Crippen LogP contribution in [0.5, 0.6) is 0 Å². The summed E-state index contributed by atoms with van der Waals surface area (Å²) in [4.78, 5) is 2.21. The van der Waals surface area contributed by atoms with Crippen molar-refractivity contribution in [3.8, 4) is 6.07 Å². The predicted octanol–water partition coefficient (Wildman–Crippen LogP) is 2.83. The van der Waals surface area contributed by atoms with E-state index in [1.807, 2.05) is 19.1 Å². The summed E-state index contributed by atoms with van der Waals surface area (Å²) in [6.45, 7) is 5.63. The molecule has 0 spiro atoms. The summed E-state index contributed by atoms with van der Waals surface area (Å²) in [7, 11) is 0. The molecule has 0 amide bonds. The van der Waals surface area contributed by atoms with Crippen LogP contribution in [0.1, 0.15) is 19.4 Å². The molecule has 0 radical (unpaired) electrons. The fourth-order valence-corrected chi connectivity index (χ4v) is 2.26. The van der Waals surface area contributed by atoms with Gasteiger partial charge in [0.2, 0.25) is 0 Å². The highest BCUT2D eigenvalue weighted by Gasteiger charge is 2.25. The van der Waals surface area contributed by atoms with Crippen molar-refractivity contribution in [3.05, 3.63) is 28.8 Å². The Labute approximate surface area is 107 Å². The summed E-state index contributed by atoms with van der Waals surface area (Å²) in [6, 6.07) is 7.93. The number of ether oxygens (including phenoxy) is 1. The average Bonchev–Trinajstić information content (AvgIpc) is 2.32. The minimum Gasteiger partial charge on any atom is -0.375 e. The van der Waals surface area contributed by atoms with Crippen molar-refractivity contribution < 1.29 is 4.74 Å². The van der Waals surface area contributed by atoms with Crippen LogP contribution in [0, 0.1) is 11.3 Å². The lowest BCUT2D eigenvalue weighted by Gasteiger charge is -2.38. The fourth-order valence-electron chi connectivity index (χ4n) is 2.09. The van der Waals surface area contributed by atoms with Crippen LogP contribution in [0.3, 0.4) is 0 Å². The van der Waals surface area contributed by atoms with Crippen LogP contribution in [0.25, 0.3) is 0 Å². The molecule has 0 aromatic heterocycles. The quantitative estimate of drug-likeness (QED) is 0.769. The maximum Gasteiger partial charge on any atom is 0.101 e. The number of halogens is 1. The maximum absolute atomic E-state index is 9.16. The summed E-state index contributed by atoms with van der Waals surface area (Å²) < 4.78 is 5.59. The van der Waals surface area contributed by atoms with Gasteiger partial charge in [-0.05, 0) is 32.0 Å². The van der Waals surface area contributed by atoms with E-state index in [1.54, 1.807) is 6.07 Å². The number of nitriles is 1. The largest absolute Gasteiger partial charge is 0.375 e. The van der Waals surface area contributed by atoms with E-state index in [9.17, 15) is 0 Å². The van der Waals surface area contributed by atoms with Gasteiger partial charge in [0.25, 0.3) is 0 Å². The van der Waals surface area contributed by atoms with Gasteiger partial charge in [0.1, 0.15) is 6.07 Å². The van der Waals surface area contributed by atoms with E-state index >= 15 is 0 Å². The molecule has 90 valence electrons. The van der Waals surface area contributed by atoms with Crippen LogP contribution >= 0.6 is 11.6 Å². The second-order valence-electron chi connectivity index (χ2n) is 4.42. The van der Waals surface area contributed by atoms with Crippen molar-refractivity contribution in [1.82, 2.24) is 0 Å². The molecule has 2 rings (SSSR count). The Bertz CT molecular complexity index is 455. The number of hydrogen-bond donors (Lipinski definition) is 0. The highest BCUT2D eigenvalue weighted by molar-refractivity contribution is 6.30. The molecule has 1 aromatic carbocycles. The number of morpholine rings is 1. The van der Waals surface area contributed by atoms with Crippen molar-refractivity contribution in [3.63, 3.8) is 0 Å². The van der Waals surface area contributed by atoms with Crippen LogP contribution in [0.2, 0.25) is 5.02 Å². The summed E-state index contributed by atoms with van der Waals surface area (Å²) in [5, 5.41) is 9.76. The first-order chi connectivity index (χ1) is 8.11. The number of anilines is 1. The van der Waals surface area contributed by atoms with Crippen LogP contribution in [-0.2, 0) is 4.74 Å². The van der Waals surface area contributed by atoms with E-state index in [2.05, 4.69) is 17.9 Å². The van der Waals surface area contributed by atoms with Gasteiger partial charge in [-0.15, -0.1) is 0 Å². The molecular formula is C13H15ClN2O. The summed E-state index contributed by atoms with van der Waals surface area (Å²) in [5.74, 6) is 0. The predicted molar refractivity (Wildman–Crippen MR) is 68.4 cm³/mol. The van der Waals surface area contributed by atoms with E-state index in [0.717, 1.165) is 12.2 Å². The molecule has 4 heteroatoms. The van der Waals surface area contributed by atoms with E-state index < -0.39 is 0 Å². The standard InChI is InChI=1S/C13H15ClN2O/c1-9-8-17-10(2)7-16(9)13-4-3-12(14)5-11(13)6-15/h3-5,9-10H,7-8H2,1-2H3. The molecule has 17 heavy (non-hydrogen) atoms. The smallest absolute Gasteiger partial charge is 0.101 e. The van der Waals surface area contributed by atoms with E-state index in [0.29, 0.717) is 17.2 Å². The molecule has 1 aliphatic heterocycles. The van der Waals surface area contributed by atoms with Crippen LogP contribution in [0.4, 0.5) is 5.69 Å². The number of benzene rings is 1. The molecule has 2 unspecified atom stereocenters. The molecular weight excluding hydrogens is 236 g/mol. The molecule has 1 heterocycles. The zero-order valence-corrected chi connectivity index (χ0v) is 10.7. The third kappa shape index (κ3) is 2.54. The monoisotopic (exact) mass is 250 g/mol. The topological polar surface area (TPSA) is 36.3 Å². The van der Waals surface area contributed by atoms with Gasteiger partial charge < -0.3 is 9.64 Å². The lowest BCUT2D eigenvalue weighted by Crippen LogP contribution is -2.47. The van der Waals surface area contributed by atoms with Gasteiger partial charge in [-0.3, -0.25) is 0 Å². The first-order valence-corrected chi connectivity index (χ1v) is 6.07. The third-order valence-corrected chi connectivity index (χ3v) is 3.23. The minimum absolute atomic E-state index is 0.188. The van der Waals surface area contributed by atoms with Gasteiger partial charge in [0.15, 0.2) is 0 Å². The molecule has 3 nitrogen and oxygen atoms in total. The van der Waals surface area contributed by atoms with Crippen LogP contribution in [-0.4, -0.2) is 25.3 Å². The van der Waals surface area contributed by atoms with Crippen LogP contribution in [0.15, 0.2) is 18.2 Å². The molecule has 2 atom stereocenters. The Kier molecular flexibility index (Phi) is 3.56. The van der Waals surface area contributed by atoms with Gasteiger partial charge in [0, 0.05) is 17.6 Å². The van der Waals surface area contributed by atoms with Gasteiger partial charge in [0.05, 0.1) is 24.0 Å². The van der Waals surface area contributed by atoms with Gasteiger partial charge >= 0.3 is 0 Å². The molecule has 1 saturated heterocycles. The first-order valence-electron chi connectivity index (χ1n) is 5.69. The molecule has 1 aliphatic rings. The van der Waals surface area contributed by atoms with E-state index in [4.69, 9.17) is 21.6 Å². The Hall–Kier alpha value is -1.24. The first kappa shape index (κ1) is 12.2. The molecule has 1 aromatic rings. The zero-order valence-electron chi connectivity index (χ0n) is 9.98. The minimum atomic E-state index is 0.188. The summed E-state index contributed by atoms with van der Waals surface area (Å²) in [6.07, 6.45) is 0.188. The fraction of sp³-hybridized carbons (Fsp3) is 0.462. The van der Waals surface area contributed by atoms with Gasteiger partial charge in [-0.2, -0.15) is 5.26 Å². The van der Waals surface area contributed by atoms with Crippen LogP contribution < -0.4 is 4.90 Å². The Morgan fingerprint density at radius 1 is 1.47 bits per heavy atom. The van der Waals surface area contributed by atoms with Crippen molar-refractivity contribution >= 4 is 17.3 Å². The highest BCUT2D eigenvalue weighted by atomic mass is 35.5. The average molecular weight is 251 g/mol. The van der Waals surface area contributed by atoms with E-state index in [1.165, 1.54) is 0 Å². The van der Waals surface area contributed by atoms with E-state index in [-0.39, 0.29) is 12.1 Å². The van der Waals surface area contributed by atoms with Crippen molar-refractivity contribution in [2.24, 2.45) is 0 Å². The Morgan fingerprint density at radius 2 is 2.24 bits per heavy atom. The normalized spacial score (nSPS) is 24.5. The summed E-state index contributed by atoms with van der Waals surface area (Å²) >= 11 is 5.91. The molecule has 0 bridgehead atoms. The molecule has 0 saturated carbocycles. The Balaban J connectivity index is 2.35. The maximum atomic E-state index is 9.16. The third-order valence-electron chi connectivity index (χ3n) is 3.00. The SMILES string of the molecule is CC1CN(c2ccc(Cl)cc2C#N)C(C)CO1. The van der Waals surface area contributed by atoms with Crippen molar-refractivity contribution in [1.29, 1.82) is 5.26 Å². The molecule has 0 aliphatic carbocycles. The number of rotatable bonds is 1.